The molecule has 0 spiro atoms. The zero-order chi connectivity index (χ0) is 12.4. The van der Waals surface area contributed by atoms with Crippen molar-refractivity contribution in [3.63, 3.8) is 0 Å². The van der Waals surface area contributed by atoms with Crippen LogP contribution in [0.3, 0.4) is 0 Å². The largest absolute Gasteiger partial charge is 0.355 e. The van der Waals surface area contributed by atoms with Gasteiger partial charge in [-0.25, -0.2) is 0 Å². The molecule has 0 unspecified atom stereocenters. The van der Waals surface area contributed by atoms with Crippen molar-refractivity contribution in [1.82, 2.24) is 10.6 Å². The summed E-state index contributed by atoms with van der Waals surface area (Å²) >= 11 is 0. The Balaban J connectivity index is 3.46. The van der Waals surface area contributed by atoms with Gasteiger partial charge in [0.15, 0.2) is 0 Å². The molecule has 2 N–H and O–H groups in total. The maximum Gasteiger partial charge on any atom is 0.239 e. The first-order valence-electron chi connectivity index (χ1n) is 6.09. The van der Waals surface area contributed by atoms with Crippen LogP contribution in [0.25, 0.3) is 0 Å². The number of carbonyl (C=O) groups excluding carboxylic acids is 2. The molecule has 0 radical (unpaired) electrons. The lowest BCUT2D eigenvalue weighted by Crippen LogP contribution is -2.37. The van der Waals surface area contributed by atoms with Crippen LogP contribution in [0.4, 0.5) is 0 Å². The molecule has 0 aliphatic carbocycles. The molecule has 0 saturated carbocycles. The average molecular weight is 228 g/mol. The summed E-state index contributed by atoms with van der Waals surface area (Å²) in [5.41, 5.74) is 0. The Morgan fingerprint density at radius 1 is 1.06 bits per heavy atom. The molecule has 4 nitrogen and oxygen atoms in total. The van der Waals surface area contributed by atoms with Gasteiger partial charge < -0.3 is 10.6 Å². The van der Waals surface area contributed by atoms with Gasteiger partial charge in [-0.05, 0) is 12.3 Å². The zero-order valence-corrected chi connectivity index (χ0v) is 10.6. The van der Waals surface area contributed by atoms with Crippen LogP contribution in [0.2, 0.25) is 0 Å². The molecule has 2 amide bonds. The van der Waals surface area contributed by atoms with Gasteiger partial charge in [0.2, 0.25) is 11.8 Å². The highest BCUT2D eigenvalue weighted by Gasteiger charge is 2.06. The Kier molecular flexibility index (Phi) is 8.58. The molecule has 4 heteroatoms. The van der Waals surface area contributed by atoms with Gasteiger partial charge in [-0.2, -0.15) is 0 Å². The van der Waals surface area contributed by atoms with E-state index < -0.39 is 0 Å². The molecule has 0 fully saturated rings. The van der Waals surface area contributed by atoms with Gasteiger partial charge in [0, 0.05) is 13.0 Å². The molecule has 0 aliphatic heterocycles. The van der Waals surface area contributed by atoms with Crippen molar-refractivity contribution in [2.24, 2.45) is 5.92 Å². The van der Waals surface area contributed by atoms with Crippen molar-refractivity contribution in [1.29, 1.82) is 0 Å². The topological polar surface area (TPSA) is 58.2 Å². The lowest BCUT2D eigenvalue weighted by Gasteiger charge is -2.07. The molecule has 0 saturated heterocycles. The smallest absolute Gasteiger partial charge is 0.239 e. The fourth-order valence-corrected chi connectivity index (χ4v) is 1.29. The number of amides is 2. The van der Waals surface area contributed by atoms with Gasteiger partial charge in [-0.15, -0.1) is 0 Å². The van der Waals surface area contributed by atoms with Crippen LogP contribution in [-0.2, 0) is 9.59 Å². The third-order valence-electron chi connectivity index (χ3n) is 2.14. The van der Waals surface area contributed by atoms with Crippen molar-refractivity contribution in [2.75, 3.05) is 13.1 Å². The summed E-state index contributed by atoms with van der Waals surface area (Å²) in [6.07, 6.45) is 3.74. The first-order chi connectivity index (χ1) is 7.56. The lowest BCUT2D eigenvalue weighted by atomic mass is 10.1. The summed E-state index contributed by atoms with van der Waals surface area (Å²) in [5.74, 6) is 0.166. The third-order valence-corrected chi connectivity index (χ3v) is 2.14. The molecular formula is C12H24N2O2. The van der Waals surface area contributed by atoms with Crippen molar-refractivity contribution >= 4 is 11.8 Å². The number of nitrogens with one attached hydrogen (secondary N) is 2. The predicted octanol–water partition coefficient (Wildman–Crippen LogP) is 1.46. The highest BCUT2D eigenvalue weighted by Crippen LogP contribution is 1.97. The number of unbranched alkanes of at least 4 members (excludes halogenated alkanes) is 2. The van der Waals surface area contributed by atoms with E-state index in [0.29, 0.717) is 18.9 Å². The Morgan fingerprint density at radius 2 is 1.75 bits per heavy atom. The van der Waals surface area contributed by atoms with E-state index in [2.05, 4.69) is 17.6 Å². The van der Waals surface area contributed by atoms with Crippen LogP contribution < -0.4 is 10.6 Å². The summed E-state index contributed by atoms with van der Waals surface area (Å²) in [7, 11) is 0. The SMILES string of the molecule is CCCCCNC(=O)CNC(=O)CC(C)C. The number of hydrogen-bond donors (Lipinski definition) is 2. The molecular weight excluding hydrogens is 204 g/mol. The third kappa shape index (κ3) is 9.49. The molecule has 0 heterocycles. The molecule has 16 heavy (non-hydrogen) atoms. The molecule has 94 valence electrons. The number of hydrogen-bond acceptors (Lipinski definition) is 2. The van der Waals surface area contributed by atoms with Crippen molar-refractivity contribution in [2.45, 2.75) is 46.5 Å². The number of carbonyl (C=O) groups is 2. The maximum atomic E-state index is 11.3. The monoisotopic (exact) mass is 228 g/mol. The molecule has 0 aromatic rings. The standard InChI is InChI=1S/C12H24N2O2/c1-4-5-6-7-13-12(16)9-14-11(15)8-10(2)3/h10H,4-9H2,1-3H3,(H,13,16)(H,14,15). The van der Waals surface area contributed by atoms with Gasteiger partial charge in [0.1, 0.15) is 0 Å². The second kappa shape index (κ2) is 9.19. The van der Waals surface area contributed by atoms with Gasteiger partial charge in [0.05, 0.1) is 6.54 Å². The first-order valence-corrected chi connectivity index (χ1v) is 6.09. The lowest BCUT2D eigenvalue weighted by molar-refractivity contribution is -0.126. The van der Waals surface area contributed by atoms with Crippen LogP contribution in [0.1, 0.15) is 46.5 Å². The van der Waals surface area contributed by atoms with E-state index >= 15 is 0 Å². The average Bonchev–Trinajstić information content (AvgIpc) is 2.20. The summed E-state index contributed by atoms with van der Waals surface area (Å²) < 4.78 is 0. The van der Waals surface area contributed by atoms with E-state index in [1.807, 2.05) is 13.8 Å². The predicted molar refractivity (Wildman–Crippen MR) is 65.0 cm³/mol. The van der Waals surface area contributed by atoms with Gasteiger partial charge in [-0.3, -0.25) is 9.59 Å². The molecule has 0 aromatic carbocycles. The van der Waals surface area contributed by atoms with E-state index in [-0.39, 0.29) is 18.4 Å². The minimum Gasteiger partial charge on any atom is -0.355 e. The Bertz CT molecular complexity index is 215. The highest BCUT2D eigenvalue weighted by molar-refractivity contribution is 5.84. The molecule has 0 bridgehead atoms. The second-order valence-electron chi connectivity index (χ2n) is 4.43. The van der Waals surface area contributed by atoms with Crippen LogP contribution in [0.15, 0.2) is 0 Å². The van der Waals surface area contributed by atoms with E-state index in [1.165, 1.54) is 0 Å². The normalized spacial score (nSPS) is 10.2. The zero-order valence-electron chi connectivity index (χ0n) is 10.6. The minimum atomic E-state index is -0.104. The Hall–Kier alpha value is -1.06. The molecule has 0 atom stereocenters. The number of rotatable bonds is 8. The van der Waals surface area contributed by atoms with Crippen molar-refractivity contribution in [3.05, 3.63) is 0 Å². The second-order valence-corrected chi connectivity index (χ2v) is 4.43. The summed E-state index contributed by atoms with van der Waals surface area (Å²) in [5, 5.41) is 5.38. The van der Waals surface area contributed by atoms with Crippen LogP contribution >= 0.6 is 0 Å². The fraction of sp³-hybridized carbons (Fsp3) is 0.833. The maximum absolute atomic E-state index is 11.3. The molecule has 0 aliphatic rings. The molecule has 0 aromatic heterocycles. The van der Waals surface area contributed by atoms with Crippen molar-refractivity contribution < 1.29 is 9.59 Å². The van der Waals surface area contributed by atoms with E-state index in [1.54, 1.807) is 0 Å². The van der Waals surface area contributed by atoms with Gasteiger partial charge >= 0.3 is 0 Å². The first kappa shape index (κ1) is 14.9. The van der Waals surface area contributed by atoms with Crippen LogP contribution in [0.5, 0.6) is 0 Å². The minimum absolute atomic E-state index is 0.0568. The van der Waals surface area contributed by atoms with E-state index in [0.717, 1.165) is 19.3 Å². The summed E-state index contributed by atoms with van der Waals surface area (Å²) in [6, 6.07) is 0. The Morgan fingerprint density at radius 3 is 2.31 bits per heavy atom. The summed E-state index contributed by atoms with van der Waals surface area (Å²) in [6.45, 7) is 6.87. The van der Waals surface area contributed by atoms with Gasteiger partial charge in [-0.1, -0.05) is 33.6 Å². The fourth-order valence-electron chi connectivity index (χ4n) is 1.29. The van der Waals surface area contributed by atoms with Crippen LogP contribution in [-0.4, -0.2) is 24.9 Å². The highest BCUT2D eigenvalue weighted by atomic mass is 16.2. The molecule has 0 rings (SSSR count). The van der Waals surface area contributed by atoms with E-state index in [9.17, 15) is 9.59 Å². The van der Waals surface area contributed by atoms with E-state index in [4.69, 9.17) is 0 Å². The summed E-state index contributed by atoms with van der Waals surface area (Å²) in [4.78, 5) is 22.5. The van der Waals surface area contributed by atoms with Crippen LogP contribution in [0, 0.1) is 5.92 Å². The van der Waals surface area contributed by atoms with Gasteiger partial charge in [0.25, 0.3) is 0 Å². The van der Waals surface area contributed by atoms with Crippen molar-refractivity contribution in [3.8, 4) is 0 Å². The quantitative estimate of drug-likeness (QED) is 0.618. The Labute approximate surface area is 98.2 Å².